The van der Waals surface area contributed by atoms with Crippen LogP contribution in [0.3, 0.4) is 0 Å². The van der Waals surface area contributed by atoms with Crippen LogP contribution in [-0.4, -0.2) is 82.2 Å². The van der Waals surface area contributed by atoms with Gasteiger partial charge in [0.2, 0.25) is 23.6 Å². The smallest absolute Gasteiger partial charge is 0.328 e. The highest BCUT2D eigenvalue weighted by atomic mass is 28.1. The molecule has 2 heterocycles. The van der Waals surface area contributed by atoms with Crippen molar-refractivity contribution in [1.29, 1.82) is 0 Å². The topological polar surface area (TPSA) is 134 Å². The first kappa shape index (κ1) is 28.6. The summed E-state index contributed by atoms with van der Waals surface area (Å²) in [7, 11) is 1.62. The lowest BCUT2D eigenvalue weighted by molar-refractivity contribution is -0.150. The van der Waals surface area contributed by atoms with E-state index in [0.29, 0.717) is 35.7 Å². The van der Waals surface area contributed by atoms with E-state index >= 15 is 0 Å². The molecule has 38 heavy (non-hydrogen) atoms. The number of methoxy groups -OCH3 is 1. The number of hydrogen-bond acceptors (Lipinski definition) is 6. The van der Waals surface area contributed by atoms with Crippen LogP contribution in [0.5, 0.6) is 0 Å². The summed E-state index contributed by atoms with van der Waals surface area (Å²) in [5.74, 6) is -1.53. The maximum atomic E-state index is 14.3. The van der Waals surface area contributed by atoms with E-state index in [4.69, 9.17) is 4.74 Å². The number of amides is 4. The van der Waals surface area contributed by atoms with Crippen LogP contribution in [0, 0.1) is 40.4 Å². The van der Waals surface area contributed by atoms with Gasteiger partial charge in [-0.1, -0.05) is 41.5 Å². The van der Waals surface area contributed by atoms with Crippen LogP contribution in [-0.2, 0) is 28.7 Å². The van der Waals surface area contributed by atoms with E-state index in [1.807, 2.05) is 27.7 Å². The second kappa shape index (κ2) is 9.64. The summed E-state index contributed by atoms with van der Waals surface area (Å²) in [6, 6.07) is -1.75. The number of fused-ring (bicyclic) bond motifs is 1. The van der Waals surface area contributed by atoms with Gasteiger partial charge in [-0.15, -0.1) is 0 Å². The van der Waals surface area contributed by atoms with Crippen LogP contribution in [0.1, 0.15) is 60.8 Å². The summed E-state index contributed by atoms with van der Waals surface area (Å²) in [5, 5.41) is 7.63. The fraction of sp³-hybridized carbons (Fsp3) is 0.815. The van der Waals surface area contributed by atoms with Gasteiger partial charge in [0.25, 0.3) is 0 Å². The third-order valence-corrected chi connectivity index (χ3v) is 12.1. The van der Waals surface area contributed by atoms with Crippen molar-refractivity contribution in [3.63, 3.8) is 0 Å². The van der Waals surface area contributed by atoms with Gasteiger partial charge in [0.05, 0.1) is 7.11 Å². The Morgan fingerprint density at radius 2 is 1.84 bits per heavy atom. The summed E-state index contributed by atoms with van der Waals surface area (Å²) in [6.07, 6.45) is 1.55. The van der Waals surface area contributed by atoms with Crippen molar-refractivity contribution in [1.82, 2.24) is 20.9 Å². The lowest BCUT2D eigenvalue weighted by Gasteiger charge is -2.45. The average Bonchev–Trinajstić information content (AvgIpc) is 3.48. The van der Waals surface area contributed by atoms with E-state index in [0.717, 1.165) is 6.42 Å². The third-order valence-electron chi connectivity index (χ3n) is 9.97. The predicted molar refractivity (Wildman–Crippen MR) is 143 cm³/mol. The van der Waals surface area contributed by atoms with Crippen LogP contribution in [0.15, 0.2) is 0 Å². The van der Waals surface area contributed by atoms with Gasteiger partial charge in [0.15, 0.2) is 0 Å². The molecule has 4 fully saturated rings. The number of rotatable bonds is 8. The van der Waals surface area contributed by atoms with Gasteiger partial charge in [-0.2, -0.15) is 0 Å². The SMILES string of the molecule is COC(=O)[C@H](C[C@@H]1CCNC1=O)NC(=O)[C@@H]1[C@@H]2[C@H](CN1C(=O)C([SiH3])(NC(=O)[C@@H]1C[C@H]1C)C(C)(C)C)C2(C)C. The number of nitrogens with zero attached hydrogens (tertiary/aromatic N) is 1. The lowest BCUT2D eigenvalue weighted by Crippen LogP contribution is -2.69. The molecular formula is C27H44N4O6Si. The van der Waals surface area contributed by atoms with Crippen molar-refractivity contribution >= 4 is 39.8 Å². The molecule has 1 unspecified atom stereocenters. The van der Waals surface area contributed by atoms with Crippen LogP contribution < -0.4 is 16.0 Å². The first-order valence-electron chi connectivity index (χ1n) is 13.8. The number of esters is 1. The van der Waals surface area contributed by atoms with Crippen LogP contribution in [0.4, 0.5) is 0 Å². The normalized spacial score (nSPS) is 33.4. The van der Waals surface area contributed by atoms with Gasteiger partial charge >= 0.3 is 5.97 Å². The number of carbonyl (C=O) groups excluding carboxylic acids is 5. The summed E-state index contributed by atoms with van der Waals surface area (Å²) in [5.41, 5.74) is -0.676. The molecule has 8 atom stereocenters. The molecule has 3 N–H and O–H groups in total. The van der Waals surface area contributed by atoms with E-state index in [2.05, 4.69) is 29.8 Å². The molecule has 212 valence electrons. The van der Waals surface area contributed by atoms with E-state index in [1.54, 1.807) is 4.90 Å². The van der Waals surface area contributed by atoms with Gasteiger partial charge in [-0.05, 0) is 47.8 Å². The van der Waals surface area contributed by atoms with Crippen molar-refractivity contribution in [3.05, 3.63) is 0 Å². The molecule has 0 spiro atoms. The number of carbonyl (C=O) groups is 5. The van der Waals surface area contributed by atoms with Crippen molar-refractivity contribution in [2.75, 3.05) is 20.2 Å². The van der Waals surface area contributed by atoms with Crippen LogP contribution in [0.2, 0.25) is 0 Å². The highest BCUT2D eigenvalue weighted by Crippen LogP contribution is 2.65. The van der Waals surface area contributed by atoms with Gasteiger partial charge in [0.1, 0.15) is 17.2 Å². The summed E-state index contributed by atoms with van der Waals surface area (Å²) >= 11 is 0. The Labute approximate surface area is 228 Å². The molecule has 11 heteroatoms. The minimum absolute atomic E-state index is 0.0513. The quantitative estimate of drug-likeness (QED) is 0.278. The van der Waals surface area contributed by atoms with Crippen LogP contribution in [0.25, 0.3) is 0 Å². The summed E-state index contributed by atoms with van der Waals surface area (Å²) in [4.78, 5) is 67.5. The molecule has 2 saturated heterocycles. The standard InChI is InChI=1S/C27H44N4O6Si/c1-13-10-15(13)21(33)30-27(38,25(2,3)4)24(36)31-12-16-18(26(16,5)6)19(31)22(34)29-17(23(35)37-7)11-14-8-9-28-20(14)32/h13-19H,8-12H2,1-7,38H3,(H,28,32)(H,29,34)(H,30,33)/t13-,14+,15-,16+,17+,18+,19+,27?/m1/s1. The van der Waals surface area contributed by atoms with Crippen LogP contribution >= 0.6 is 0 Å². The Kier molecular flexibility index (Phi) is 7.25. The van der Waals surface area contributed by atoms with Gasteiger partial charge in [-0.25, -0.2) is 4.79 Å². The fourth-order valence-electron chi connectivity index (χ4n) is 6.44. The Bertz CT molecular complexity index is 1040. The van der Waals surface area contributed by atoms with E-state index < -0.39 is 34.5 Å². The monoisotopic (exact) mass is 548 g/mol. The molecule has 4 aliphatic rings. The summed E-state index contributed by atoms with van der Waals surface area (Å²) < 4.78 is 4.95. The van der Waals surface area contributed by atoms with Gasteiger partial charge in [-0.3, -0.25) is 19.2 Å². The Morgan fingerprint density at radius 3 is 2.34 bits per heavy atom. The second-order valence-electron chi connectivity index (χ2n) is 13.6. The molecule has 10 nitrogen and oxygen atoms in total. The zero-order chi connectivity index (χ0) is 28.4. The van der Waals surface area contributed by atoms with Crippen molar-refractivity contribution in [2.24, 2.45) is 40.4 Å². The molecule has 0 radical (unpaired) electrons. The molecule has 2 saturated carbocycles. The lowest BCUT2D eigenvalue weighted by atomic mass is 9.83. The number of hydrogen-bond donors (Lipinski definition) is 3. The van der Waals surface area contributed by atoms with Gasteiger partial charge < -0.3 is 25.6 Å². The zero-order valence-electron chi connectivity index (χ0n) is 24.0. The molecule has 0 aromatic carbocycles. The average molecular weight is 549 g/mol. The predicted octanol–water partition coefficient (Wildman–Crippen LogP) is -0.467. The summed E-state index contributed by atoms with van der Waals surface area (Å²) in [6.45, 7) is 13.0. The number of ether oxygens (including phenoxy) is 1. The molecule has 2 aliphatic carbocycles. The number of nitrogens with one attached hydrogen (secondary N) is 3. The Balaban J connectivity index is 1.58. The van der Waals surface area contributed by atoms with Gasteiger partial charge in [0, 0.05) is 35.2 Å². The molecule has 0 aromatic rings. The molecule has 2 aliphatic heterocycles. The molecule has 4 amide bonds. The maximum absolute atomic E-state index is 14.3. The van der Waals surface area contributed by atoms with Crippen molar-refractivity contribution < 1.29 is 28.7 Å². The van der Waals surface area contributed by atoms with Crippen molar-refractivity contribution in [2.45, 2.75) is 78.1 Å². The van der Waals surface area contributed by atoms with Crippen molar-refractivity contribution in [3.8, 4) is 0 Å². The first-order chi connectivity index (χ1) is 17.5. The molecule has 4 rings (SSSR count). The number of likely N-dealkylation sites (tertiary alicyclic amines) is 1. The second-order valence-corrected chi connectivity index (χ2v) is 15.1. The highest BCUT2D eigenvalue weighted by Gasteiger charge is 2.70. The zero-order valence-corrected chi connectivity index (χ0v) is 26.0. The third kappa shape index (κ3) is 4.86. The molecule has 0 aromatic heterocycles. The van der Waals surface area contributed by atoms with E-state index in [1.165, 1.54) is 7.11 Å². The first-order valence-corrected chi connectivity index (χ1v) is 14.8. The van der Waals surface area contributed by atoms with E-state index in [-0.39, 0.29) is 53.2 Å². The molecular weight excluding hydrogens is 504 g/mol. The Morgan fingerprint density at radius 1 is 1.21 bits per heavy atom. The minimum atomic E-state index is -1.09. The largest absolute Gasteiger partial charge is 0.467 e. The number of piperidine rings is 1. The highest BCUT2D eigenvalue weighted by molar-refractivity contribution is 6.30. The minimum Gasteiger partial charge on any atom is -0.467 e. The Hall–Kier alpha value is -2.43. The van der Waals surface area contributed by atoms with E-state index in [9.17, 15) is 24.0 Å². The molecule has 0 bridgehead atoms. The fourth-order valence-corrected chi connectivity index (χ4v) is 6.97. The maximum Gasteiger partial charge on any atom is 0.328 e.